The van der Waals surface area contributed by atoms with Gasteiger partial charge in [0, 0.05) is 35.6 Å². The van der Waals surface area contributed by atoms with Gasteiger partial charge in [-0.25, -0.2) is 4.39 Å². The van der Waals surface area contributed by atoms with Crippen LogP contribution in [-0.4, -0.2) is 83.0 Å². The van der Waals surface area contributed by atoms with Crippen LogP contribution in [-0.2, 0) is 19.6 Å². The van der Waals surface area contributed by atoms with E-state index < -0.39 is 24.9 Å². The van der Waals surface area contributed by atoms with E-state index in [1.165, 1.54) is 11.3 Å². The van der Waals surface area contributed by atoms with Crippen LogP contribution in [0.3, 0.4) is 0 Å². The van der Waals surface area contributed by atoms with E-state index in [4.69, 9.17) is 4.52 Å². The summed E-state index contributed by atoms with van der Waals surface area (Å²) in [4.78, 5) is 21.8. The maximum Gasteiger partial charge on any atom is 0.406 e. The minimum absolute atomic E-state index is 0.0477. The number of anilines is 1. The topological polar surface area (TPSA) is 91.5 Å². The molecule has 1 aliphatic rings. The molecule has 1 saturated heterocycles. The van der Waals surface area contributed by atoms with Crippen molar-refractivity contribution < 1.29 is 26.9 Å². The molecule has 1 fully saturated rings. The number of fused-ring (bicyclic) bond motifs is 1. The maximum absolute atomic E-state index is 14.7. The molecule has 0 saturated carbocycles. The van der Waals surface area contributed by atoms with E-state index in [0.717, 1.165) is 9.44 Å². The molecule has 0 aliphatic carbocycles. The van der Waals surface area contributed by atoms with Gasteiger partial charge in [0.05, 0.1) is 29.4 Å². The highest BCUT2D eigenvalue weighted by Gasteiger charge is 2.32. The Bertz CT molecular complexity index is 1510. The summed E-state index contributed by atoms with van der Waals surface area (Å²) in [7, 11) is 5.66. The average Bonchev–Trinajstić information content (AvgIpc) is 3.63. The van der Waals surface area contributed by atoms with E-state index in [1.807, 2.05) is 36.3 Å². The van der Waals surface area contributed by atoms with Crippen molar-refractivity contribution in [2.75, 3.05) is 39.5 Å². The number of nitrogens with one attached hydrogen (secondary N) is 2. The number of aromatic nitrogens is 3. The van der Waals surface area contributed by atoms with Crippen LogP contribution in [0.15, 0.2) is 40.2 Å². The van der Waals surface area contributed by atoms with Gasteiger partial charge in [-0.2, -0.15) is 18.2 Å². The first kappa shape index (κ1) is 29.0. The fraction of sp³-hybridized carbons (Fsp3) is 0.444. The molecule has 2 atom stereocenters. The van der Waals surface area contributed by atoms with Crippen LogP contribution in [0.25, 0.3) is 22.4 Å². The second-order valence-electron chi connectivity index (χ2n) is 10.5. The number of amides is 1. The highest BCUT2D eigenvalue weighted by atomic mass is 32.1. The summed E-state index contributed by atoms with van der Waals surface area (Å²) in [6.45, 7) is 0.223. The van der Waals surface area contributed by atoms with Crippen LogP contribution in [0.2, 0.25) is 0 Å². The van der Waals surface area contributed by atoms with E-state index in [2.05, 4.69) is 20.8 Å². The predicted molar refractivity (Wildman–Crippen MR) is 149 cm³/mol. The van der Waals surface area contributed by atoms with E-state index in [-0.39, 0.29) is 36.4 Å². The number of piperidine rings is 1. The Balaban J connectivity index is 1.40. The van der Waals surface area contributed by atoms with Crippen molar-refractivity contribution in [3.05, 3.63) is 52.0 Å². The Morgan fingerprint density at radius 2 is 2.07 bits per heavy atom. The fourth-order valence-corrected chi connectivity index (χ4v) is 5.99. The number of rotatable bonds is 9. The zero-order valence-corrected chi connectivity index (χ0v) is 23.7. The number of carbonyl (C=O) groups excluding carboxylic acids is 1. The Morgan fingerprint density at radius 1 is 1.27 bits per heavy atom. The lowest BCUT2D eigenvalue weighted by Gasteiger charge is -2.33. The molecule has 0 bridgehead atoms. The molecule has 3 aromatic heterocycles. The summed E-state index contributed by atoms with van der Waals surface area (Å²) in [6.07, 6.45) is -5.08. The first-order chi connectivity index (χ1) is 19.5. The zero-order chi connectivity index (χ0) is 29.3. The van der Waals surface area contributed by atoms with Gasteiger partial charge in [0.15, 0.2) is 0 Å². The lowest BCUT2D eigenvalue weighted by atomic mass is 10.0. The summed E-state index contributed by atoms with van der Waals surface area (Å²) >= 11 is 1.47. The molecule has 1 aromatic carbocycles. The van der Waals surface area contributed by atoms with Crippen LogP contribution in [0, 0.1) is 0 Å². The van der Waals surface area contributed by atoms with Crippen molar-refractivity contribution >= 4 is 33.8 Å². The van der Waals surface area contributed by atoms with Gasteiger partial charge in [0.1, 0.15) is 12.7 Å². The molecule has 4 heterocycles. The number of alkyl halides is 4. The number of hydrogen-bond acceptors (Lipinski definition) is 8. The Morgan fingerprint density at radius 3 is 2.80 bits per heavy atom. The van der Waals surface area contributed by atoms with Crippen LogP contribution >= 0.6 is 11.3 Å². The van der Waals surface area contributed by atoms with Crippen molar-refractivity contribution in [2.24, 2.45) is 0 Å². The van der Waals surface area contributed by atoms with Crippen LogP contribution in [0.1, 0.15) is 27.5 Å². The molecule has 0 spiro atoms. The molecule has 4 aromatic rings. The molecule has 2 N–H and O–H groups in total. The van der Waals surface area contributed by atoms with Gasteiger partial charge in [-0.05, 0) is 57.2 Å². The number of thiophene rings is 1. The van der Waals surface area contributed by atoms with Gasteiger partial charge in [-0.1, -0.05) is 11.2 Å². The van der Waals surface area contributed by atoms with E-state index >= 15 is 0 Å². The molecule has 0 radical (unpaired) electrons. The van der Waals surface area contributed by atoms with E-state index in [9.17, 15) is 22.4 Å². The molecule has 1 amide bonds. The van der Waals surface area contributed by atoms with Gasteiger partial charge in [0.2, 0.25) is 11.7 Å². The third-order valence-electron chi connectivity index (χ3n) is 6.92. The highest BCUT2D eigenvalue weighted by molar-refractivity contribution is 7.10. The third-order valence-corrected chi connectivity index (χ3v) is 7.82. The molecular weight excluding hydrogens is 562 g/mol. The summed E-state index contributed by atoms with van der Waals surface area (Å²) in [6, 6.07) is 7.75. The summed E-state index contributed by atoms with van der Waals surface area (Å²) < 4.78 is 62.1. The first-order valence-corrected chi connectivity index (χ1v) is 14.0. The van der Waals surface area contributed by atoms with E-state index in [0.29, 0.717) is 41.7 Å². The second kappa shape index (κ2) is 11.8. The Labute approximate surface area is 238 Å². The molecule has 220 valence electrons. The van der Waals surface area contributed by atoms with Crippen molar-refractivity contribution in [3.8, 4) is 11.5 Å². The SMILES string of the molecule is CN(C)Cc1sccc1C(=O)NCc1nc(-c2cc3c(N[C@@H]4CCN(C)C[C@@H]4F)cccc3n2CC(F)(F)F)no1. The number of carbonyl (C=O) groups is 1. The summed E-state index contributed by atoms with van der Waals surface area (Å²) in [5.74, 6) is -0.316. The monoisotopic (exact) mass is 593 g/mol. The number of likely N-dealkylation sites (tertiary alicyclic amines) is 1. The van der Waals surface area contributed by atoms with Crippen molar-refractivity contribution in [1.29, 1.82) is 0 Å². The van der Waals surface area contributed by atoms with Crippen molar-refractivity contribution in [1.82, 2.24) is 29.8 Å². The predicted octanol–water partition coefficient (Wildman–Crippen LogP) is 4.76. The molecule has 14 heteroatoms. The molecular formula is C27H31F4N7O2S. The number of halogens is 4. The summed E-state index contributed by atoms with van der Waals surface area (Å²) in [5.41, 5.74) is 1.46. The second-order valence-corrected chi connectivity index (χ2v) is 11.5. The van der Waals surface area contributed by atoms with Gasteiger partial charge < -0.3 is 29.5 Å². The zero-order valence-electron chi connectivity index (χ0n) is 22.8. The molecule has 41 heavy (non-hydrogen) atoms. The fourth-order valence-electron chi connectivity index (χ4n) is 5.00. The minimum atomic E-state index is -4.52. The number of benzene rings is 1. The van der Waals surface area contributed by atoms with Gasteiger partial charge in [-0.3, -0.25) is 4.79 Å². The average molecular weight is 594 g/mol. The van der Waals surface area contributed by atoms with E-state index in [1.54, 1.807) is 30.3 Å². The van der Waals surface area contributed by atoms with Crippen LogP contribution < -0.4 is 10.6 Å². The van der Waals surface area contributed by atoms with Gasteiger partial charge >= 0.3 is 6.18 Å². The lowest BCUT2D eigenvalue weighted by molar-refractivity contribution is -0.139. The minimum Gasteiger partial charge on any atom is -0.379 e. The standard InChI is InChI=1S/C27H31F4N7O2S/c1-36(2)14-23-16(8-10-41-23)26(39)32-12-24-34-25(35-40-24)22-11-17-19(33-20-7-9-37(3)13-18(20)28)5-4-6-21(17)38(22)15-27(29,30)31/h4-6,8,10-11,18,20,33H,7,9,12-15H2,1-3H3,(H,32,39)/t18-,20+/m0/s1. The Hall–Kier alpha value is -3.49. The number of hydrogen-bond donors (Lipinski definition) is 2. The van der Waals surface area contributed by atoms with Crippen LogP contribution in [0.4, 0.5) is 23.2 Å². The van der Waals surface area contributed by atoms with Crippen LogP contribution in [0.5, 0.6) is 0 Å². The molecule has 9 nitrogen and oxygen atoms in total. The maximum atomic E-state index is 14.7. The van der Waals surface area contributed by atoms with Crippen molar-refractivity contribution in [2.45, 2.75) is 44.4 Å². The normalized spacial score (nSPS) is 18.3. The number of nitrogens with zero attached hydrogens (tertiary/aromatic N) is 5. The van der Waals surface area contributed by atoms with Crippen molar-refractivity contribution in [3.63, 3.8) is 0 Å². The Kier molecular flexibility index (Phi) is 8.34. The van der Waals surface area contributed by atoms with Gasteiger partial charge in [0.25, 0.3) is 5.91 Å². The molecule has 1 aliphatic heterocycles. The molecule has 0 unspecified atom stereocenters. The lowest BCUT2D eigenvalue weighted by Crippen LogP contribution is -2.46. The highest BCUT2D eigenvalue weighted by Crippen LogP contribution is 2.35. The van der Waals surface area contributed by atoms with Gasteiger partial charge in [-0.15, -0.1) is 11.3 Å². The summed E-state index contributed by atoms with van der Waals surface area (Å²) in [5, 5.41) is 12.2. The molecule has 5 rings (SSSR count). The quantitative estimate of drug-likeness (QED) is 0.271. The third kappa shape index (κ3) is 6.71. The first-order valence-electron chi connectivity index (χ1n) is 13.1. The smallest absolute Gasteiger partial charge is 0.379 e. The largest absolute Gasteiger partial charge is 0.406 e.